The second kappa shape index (κ2) is 7.43. The summed E-state index contributed by atoms with van der Waals surface area (Å²) < 4.78 is 0. The van der Waals surface area contributed by atoms with Crippen LogP contribution in [0.1, 0.15) is 36.1 Å². The summed E-state index contributed by atoms with van der Waals surface area (Å²) in [5, 5.41) is 5.66. The smallest absolute Gasteiger partial charge is 0.0159 e. The number of rotatable bonds is 2. The molecule has 0 atom stereocenters. The summed E-state index contributed by atoms with van der Waals surface area (Å²) in [4.78, 5) is 0. The molecule has 0 heterocycles. The molecule has 0 fully saturated rings. The zero-order valence-electron chi connectivity index (χ0n) is 21.3. The van der Waals surface area contributed by atoms with Gasteiger partial charge in [0.2, 0.25) is 0 Å². The van der Waals surface area contributed by atoms with Gasteiger partial charge >= 0.3 is 0 Å². The lowest BCUT2D eigenvalue weighted by molar-refractivity contribution is 0.661. The number of hydrogen-bond donors (Lipinski definition) is 0. The largest absolute Gasteiger partial charge is 0.0622 e. The van der Waals surface area contributed by atoms with Crippen molar-refractivity contribution in [2.75, 3.05) is 0 Å². The van der Waals surface area contributed by atoms with Crippen molar-refractivity contribution >= 4 is 21.5 Å². The van der Waals surface area contributed by atoms with Crippen LogP contribution in [0.3, 0.4) is 0 Å². The Hall–Kier alpha value is -4.16. The lowest BCUT2D eigenvalue weighted by atomic mass is 9.80. The zero-order chi connectivity index (χ0) is 24.7. The minimum absolute atomic E-state index is 0.0400. The average molecular weight is 473 g/mol. The third kappa shape index (κ3) is 2.96. The first kappa shape index (κ1) is 21.0. The maximum Gasteiger partial charge on any atom is 0.0159 e. The Morgan fingerprint density at radius 1 is 0.459 bits per heavy atom. The predicted octanol–water partition coefficient (Wildman–Crippen LogP) is 9.73. The number of aryl methyl sites for hydroxylation is 2. The van der Waals surface area contributed by atoms with Crippen molar-refractivity contribution in [2.24, 2.45) is 0 Å². The van der Waals surface area contributed by atoms with Crippen molar-refractivity contribution in [1.29, 1.82) is 0 Å². The highest BCUT2D eigenvalue weighted by Gasteiger charge is 2.36. The van der Waals surface area contributed by atoms with E-state index in [1.165, 1.54) is 77.2 Å². The quantitative estimate of drug-likeness (QED) is 0.220. The van der Waals surface area contributed by atoms with Crippen LogP contribution in [0.15, 0.2) is 109 Å². The molecule has 0 saturated carbocycles. The van der Waals surface area contributed by atoms with Crippen LogP contribution in [0.25, 0.3) is 54.9 Å². The normalized spacial score (nSPS) is 14.8. The molecule has 0 amide bonds. The summed E-state index contributed by atoms with van der Waals surface area (Å²) in [5.74, 6) is 0. The summed E-state index contributed by atoms with van der Waals surface area (Å²) >= 11 is 0. The van der Waals surface area contributed by atoms with Crippen LogP contribution >= 0.6 is 0 Å². The van der Waals surface area contributed by atoms with Crippen molar-refractivity contribution in [1.82, 2.24) is 0 Å². The summed E-state index contributed by atoms with van der Waals surface area (Å²) in [6.07, 6.45) is 2.24. The molecule has 0 N–H and O–H groups in total. The van der Waals surface area contributed by atoms with Crippen LogP contribution in [0.4, 0.5) is 0 Å². The zero-order valence-corrected chi connectivity index (χ0v) is 21.3. The molecule has 0 radical (unpaired) electrons. The van der Waals surface area contributed by atoms with Gasteiger partial charge in [0.05, 0.1) is 0 Å². The average Bonchev–Trinajstić information content (AvgIpc) is 3.17. The van der Waals surface area contributed by atoms with Gasteiger partial charge in [-0.05, 0) is 108 Å². The Labute approximate surface area is 218 Å². The molecule has 0 nitrogen and oxygen atoms in total. The van der Waals surface area contributed by atoms with Crippen LogP contribution in [0.5, 0.6) is 0 Å². The van der Waals surface area contributed by atoms with Gasteiger partial charge < -0.3 is 0 Å². The molecule has 37 heavy (non-hydrogen) atoms. The molecule has 0 aliphatic heterocycles. The van der Waals surface area contributed by atoms with Gasteiger partial charge in [0.25, 0.3) is 0 Å². The molecule has 2 aliphatic rings. The minimum Gasteiger partial charge on any atom is -0.0622 e. The fraction of sp³-hybridized carbons (Fsp3) is 0.135. The Balaban J connectivity index is 1.27. The van der Waals surface area contributed by atoms with Gasteiger partial charge in [-0.2, -0.15) is 0 Å². The Kier molecular flexibility index (Phi) is 4.21. The summed E-state index contributed by atoms with van der Waals surface area (Å²) in [5.41, 5.74) is 13.8. The van der Waals surface area contributed by atoms with Crippen molar-refractivity contribution in [3.63, 3.8) is 0 Å². The predicted molar refractivity (Wildman–Crippen MR) is 157 cm³/mol. The third-order valence-electron chi connectivity index (χ3n) is 8.91. The molecular weight excluding hydrogens is 444 g/mol. The van der Waals surface area contributed by atoms with E-state index in [9.17, 15) is 0 Å². The SMILES string of the molecule is CC1(C)c2cc(-c3ccccc3)ccc2-c2ccc(-c3cc4c5c(ccc6cccc(c65)CC4)c3)cc21. The van der Waals surface area contributed by atoms with Gasteiger partial charge in [0.1, 0.15) is 0 Å². The molecule has 8 rings (SSSR count). The van der Waals surface area contributed by atoms with E-state index < -0.39 is 0 Å². The van der Waals surface area contributed by atoms with Crippen molar-refractivity contribution in [2.45, 2.75) is 32.1 Å². The van der Waals surface area contributed by atoms with E-state index in [2.05, 4.69) is 123 Å². The molecule has 0 saturated heterocycles. The van der Waals surface area contributed by atoms with Crippen molar-refractivity contribution in [3.8, 4) is 33.4 Å². The van der Waals surface area contributed by atoms with Gasteiger partial charge in [-0.1, -0.05) is 105 Å². The van der Waals surface area contributed by atoms with Gasteiger partial charge in [-0.15, -0.1) is 0 Å². The molecular formula is C37H28. The second-order valence-corrected chi connectivity index (χ2v) is 11.3. The molecule has 2 aliphatic carbocycles. The van der Waals surface area contributed by atoms with Crippen LogP contribution in [-0.2, 0) is 18.3 Å². The van der Waals surface area contributed by atoms with Gasteiger partial charge in [0.15, 0.2) is 0 Å². The monoisotopic (exact) mass is 472 g/mol. The Bertz CT molecular complexity index is 1890. The maximum atomic E-state index is 2.46. The molecule has 6 aromatic carbocycles. The van der Waals surface area contributed by atoms with Gasteiger partial charge in [0, 0.05) is 5.41 Å². The molecule has 0 aromatic heterocycles. The lowest BCUT2D eigenvalue weighted by Crippen LogP contribution is -2.15. The van der Waals surface area contributed by atoms with E-state index >= 15 is 0 Å². The van der Waals surface area contributed by atoms with Crippen LogP contribution in [0, 0.1) is 0 Å². The minimum atomic E-state index is -0.0400. The van der Waals surface area contributed by atoms with E-state index in [4.69, 9.17) is 0 Å². The molecule has 0 spiro atoms. The van der Waals surface area contributed by atoms with Gasteiger partial charge in [-0.25, -0.2) is 0 Å². The van der Waals surface area contributed by atoms with Crippen LogP contribution < -0.4 is 0 Å². The number of benzene rings is 6. The van der Waals surface area contributed by atoms with Crippen LogP contribution in [-0.4, -0.2) is 0 Å². The standard InChI is InChI=1S/C37H28/c1-37(2)33-21-26(23-7-4-3-5-8-23)15-17-31(33)32-18-16-27(22-34(32)37)30-19-28-13-11-24-9-6-10-25-12-14-29(20-30)36(28)35(24)25/h3-11,13,15-22H,12,14H2,1-2H3. The highest BCUT2D eigenvalue weighted by Crippen LogP contribution is 2.51. The first-order chi connectivity index (χ1) is 18.1. The van der Waals surface area contributed by atoms with E-state index in [-0.39, 0.29) is 5.41 Å². The molecule has 0 heteroatoms. The molecule has 6 aromatic rings. The fourth-order valence-corrected chi connectivity index (χ4v) is 6.98. The Morgan fingerprint density at radius 3 is 1.86 bits per heavy atom. The molecule has 0 unspecified atom stereocenters. The van der Waals surface area contributed by atoms with Crippen LogP contribution in [0.2, 0.25) is 0 Å². The molecule has 0 bridgehead atoms. The maximum absolute atomic E-state index is 2.46. The Morgan fingerprint density at radius 2 is 1.11 bits per heavy atom. The van der Waals surface area contributed by atoms with Crippen molar-refractivity contribution < 1.29 is 0 Å². The number of hydrogen-bond acceptors (Lipinski definition) is 0. The fourth-order valence-electron chi connectivity index (χ4n) is 6.98. The summed E-state index contributed by atoms with van der Waals surface area (Å²) in [7, 11) is 0. The van der Waals surface area contributed by atoms with Crippen molar-refractivity contribution in [3.05, 3.63) is 131 Å². The van der Waals surface area contributed by atoms with E-state index in [1.54, 1.807) is 0 Å². The van der Waals surface area contributed by atoms with E-state index in [0.29, 0.717) is 0 Å². The first-order valence-electron chi connectivity index (χ1n) is 13.4. The van der Waals surface area contributed by atoms with Gasteiger partial charge in [-0.3, -0.25) is 0 Å². The first-order valence-corrected chi connectivity index (χ1v) is 13.4. The highest BCUT2D eigenvalue weighted by atomic mass is 14.4. The summed E-state index contributed by atoms with van der Waals surface area (Å²) in [6.45, 7) is 4.77. The molecule has 176 valence electrons. The van der Waals surface area contributed by atoms with E-state index in [0.717, 1.165) is 12.8 Å². The van der Waals surface area contributed by atoms with E-state index in [1.807, 2.05) is 0 Å². The second-order valence-electron chi connectivity index (χ2n) is 11.3. The lowest BCUT2D eigenvalue weighted by Gasteiger charge is -2.23. The summed E-state index contributed by atoms with van der Waals surface area (Å²) in [6, 6.07) is 41.1. The number of fused-ring (bicyclic) bond motifs is 3. The topological polar surface area (TPSA) is 0 Å². The highest BCUT2D eigenvalue weighted by molar-refractivity contribution is 6.12. The third-order valence-corrected chi connectivity index (χ3v) is 8.91.